The molecule has 80 valence electrons. The zero-order valence-electron chi connectivity index (χ0n) is 10.1. The number of rotatable bonds is 3. The van der Waals surface area contributed by atoms with Crippen LogP contribution >= 0.6 is 0 Å². The van der Waals surface area contributed by atoms with Gasteiger partial charge in [-0.1, -0.05) is 50.0 Å². The first-order chi connectivity index (χ1) is 6.61. The van der Waals surface area contributed by atoms with Gasteiger partial charge in [-0.25, -0.2) is 0 Å². The summed E-state index contributed by atoms with van der Waals surface area (Å²) in [7, 11) is 0. The summed E-state index contributed by atoms with van der Waals surface area (Å²) in [6.45, 7) is 9.03. The van der Waals surface area contributed by atoms with Crippen molar-refractivity contribution in [2.45, 2.75) is 53.4 Å². The Morgan fingerprint density at radius 2 is 1.64 bits per heavy atom. The molecule has 0 heteroatoms. The zero-order chi connectivity index (χ0) is 10.6. The number of allylic oxidation sites excluding steroid dienone is 4. The second-order valence-electron chi connectivity index (χ2n) is 4.96. The molecule has 0 atom stereocenters. The smallest absolute Gasteiger partial charge is 0.0203 e. The van der Waals surface area contributed by atoms with Gasteiger partial charge in [0.2, 0.25) is 0 Å². The van der Waals surface area contributed by atoms with Crippen molar-refractivity contribution in [3.63, 3.8) is 0 Å². The van der Waals surface area contributed by atoms with Crippen LogP contribution in [0.4, 0.5) is 0 Å². The van der Waals surface area contributed by atoms with Crippen LogP contribution in [-0.2, 0) is 0 Å². The van der Waals surface area contributed by atoms with E-state index in [1.165, 1.54) is 31.3 Å². The third-order valence-corrected chi connectivity index (χ3v) is 3.52. The lowest BCUT2D eigenvalue weighted by atomic mass is 9.97. The van der Waals surface area contributed by atoms with Crippen molar-refractivity contribution in [2.24, 2.45) is 11.8 Å². The summed E-state index contributed by atoms with van der Waals surface area (Å²) in [5.41, 5.74) is 3.07. The van der Waals surface area contributed by atoms with Crippen LogP contribution in [-0.4, -0.2) is 0 Å². The summed E-state index contributed by atoms with van der Waals surface area (Å²) in [4.78, 5) is 0. The molecule has 0 aromatic carbocycles. The van der Waals surface area contributed by atoms with Gasteiger partial charge in [0, 0.05) is 0 Å². The van der Waals surface area contributed by atoms with Crippen LogP contribution in [0, 0.1) is 11.8 Å². The molecule has 0 unspecified atom stereocenters. The summed E-state index contributed by atoms with van der Waals surface area (Å²) in [6, 6.07) is 0. The molecule has 0 radical (unpaired) electrons. The Bertz CT molecular complexity index is 224. The SMILES string of the molecule is C/C(=C\C=C(/C)C1CCCC1)C(C)C. The molecule has 1 fully saturated rings. The fraction of sp³-hybridized carbons (Fsp3) is 0.714. The largest absolute Gasteiger partial charge is 0.0708 e. The molecule has 0 aromatic heterocycles. The van der Waals surface area contributed by atoms with E-state index in [0.29, 0.717) is 5.92 Å². The summed E-state index contributed by atoms with van der Waals surface area (Å²) < 4.78 is 0. The second-order valence-corrected chi connectivity index (χ2v) is 4.96. The standard InChI is InChI=1S/C14H24/c1-11(2)12(3)9-10-13(4)14-7-5-6-8-14/h9-11,14H,5-8H2,1-4H3/b12-9+,13-10+. The lowest BCUT2D eigenvalue weighted by Gasteiger charge is -2.09. The van der Waals surface area contributed by atoms with Crippen molar-refractivity contribution >= 4 is 0 Å². The van der Waals surface area contributed by atoms with Gasteiger partial charge in [0.1, 0.15) is 0 Å². The van der Waals surface area contributed by atoms with E-state index in [1.54, 1.807) is 5.57 Å². The maximum atomic E-state index is 2.34. The van der Waals surface area contributed by atoms with Gasteiger partial charge in [0.15, 0.2) is 0 Å². The van der Waals surface area contributed by atoms with E-state index >= 15 is 0 Å². The fourth-order valence-corrected chi connectivity index (χ4v) is 1.97. The molecule has 0 nitrogen and oxygen atoms in total. The van der Waals surface area contributed by atoms with Crippen LogP contribution in [0.25, 0.3) is 0 Å². The minimum absolute atomic E-state index is 0.683. The summed E-state index contributed by atoms with van der Waals surface area (Å²) >= 11 is 0. The van der Waals surface area contributed by atoms with Crippen molar-refractivity contribution in [2.75, 3.05) is 0 Å². The minimum Gasteiger partial charge on any atom is -0.0708 e. The number of hydrogen-bond acceptors (Lipinski definition) is 0. The van der Waals surface area contributed by atoms with Crippen molar-refractivity contribution in [3.05, 3.63) is 23.3 Å². The lowest BCUT2D eigenvalue weighted by molar-refractivity contribution is 0.642. The van der Waals surface area contributed by atoms with E-state index in [0.717, 1.165) is 5.92 Å². The number of hydrogen-bond donors (Lipinski definition) is 0. The van der Waals surface area contributed by atoms with E-state index < -0.39 is 0 Å². The predicted octanol–water partition coefficient (Wildman–Crippen LogP) is 4.73. The summed E-state index contributed by atoms with van der Waals surface area (Å²) in [6.07, 6.45) is 10.3. The second kappa shape index (κ2) is 5.38. The quantitative estimate of drug-likeness (QED) is 0.567. The molecule has 0 N–H and O–H groups in total. The topological polar surface area (TPSA) is 0 Å². The molecule has 0 amide bonds. The summed E-state index contributed by atoms with van der Waals surface area (Å²) in [5, 5.41) is 0. The molecule has 1 saturated carbocycles. The van der Waals surface area contributed by atoms with E-state index in [9.17, 15) is 0 Å². The van der Waals surface area contributed by atoms with Crippen molar-refractivity contribution in [1.82, 2.24) is 0 Å². The molecule has 0 saturated heterocycles. The highest BCUT2D eigenvalue weighted by atomic mass is 14.2. The Morgan fingerprint density at radius 3 is 2.14 bits per heavy atom. The molecule has 0 heterocycles. The van der Waals surface area contributed by atoms with Crippen LogP contribution in [0.15, 0.2) is 23.3 Å². The first kappa shape index (κ1) is 11.6. The lowest BCUT2D eigenvalue weighted by Crippen LogP contribution is -1.94. The molecule has 0 aliphatic heterocycles. The zero-order valence-corrected chi connectivity index (χ0v) is 10.1. The van der Waals surface area contributed by atoms with Gasteiger partial charge in [0.25, 0.3) is 0 Å². The molecular formula is C14H24. The van der Waals surface area contributed by atoms with Crippen molar-refractivity contribution in [3.8, 4) is 0 Å². The van der Waals surface area contributed by atoms with Gasteiger partial charge in [-0.3, -0.25) is 0 Å². The maximum Gasteiger partial charge on any atom is -0.0203 e. The third-order valence-electron chi connectivity index (χ3n) is 3.52. The van der Waals surface area contributed by atoms with Crippen LogP contribution in [0.2, 0.25) is 0 Å². The van der Waals surface area contributed by atoms with Gasteiger partial charge in [-0.2, -0.15) is 0 Å². The molecule has 1 aliphatic rings. The van der Waals surface area contributed by atoms with Gasteiger partial charge in [-0.05, 0) is 38.5 Å². The Labute approximate surface area is 89.1 Å². The Kier molecular flexibility index (Phi) is 4.44. The first-order valence-corrected chi connectivity index (χ1v) is 5.96. The Hall–Kier alpha value is -0.520. The van der Waals surface area contributed by atoms with E-state index in [2.05, 4.69) is 39.8 Å². The van der Waals surface area contributed by atoms with Crippen LogP contribution in [0.5, 0.6) is 0 Å². The first-order valence-electron chi connectivity index (χ1n) is 5.96. The molecular weight excluding hydrogens is 168 g/mol. The van der Waals surface area contributed by atoms with E-state index in [4.69, 9.17) is 0 Å². The highest BCUT2D eigenvalue weighted by Gasteiger charge is 2.15. The Morgan fingerprint density at radius 1 is 1.07 bits per heavy atom. The van der Waals surface area contributed by atoms with Crippen LogP contribution in [0.3, 0.4) is 0 Å². The molecule has 0 spiro atoms. The molecule has 0 aromatic rings. The third kappa shape index (κ3) is 3.32. The van der Waals surface area contributed by atoms with Crippen molar-refractivity contribution < 1.29 is 0 Å². The van der Waals surface area contributed by atoms with Gasteiger partial charge >= 0.3 is 0 Å². The van der Waals surface area contributed by atoms with Gasteiger partial charge in [0.05, 0.1) is 0 Å². The molecule has 0 bridgehead atoms. The predicted molar refractivity (Wildman–Crippen MR) is 64.3 cm³/mol. The minimum atomic E-state index is 0.683. The van der Waals surface area contributed by atoms with Gasteiger partial charge in [-0.15, -0.1) is 0 Å². The van der Waals surface area contributed by atoms with E-state index in [-0.39, 0.29) is 0 Å². The average Bonchev–Trinajstić information content (AvgIpc) is 2.66. The van der Waals surface area contributed by atoms with Crippen molar-refractivity contribution in [1.29, 1.82) is 0 Å². The molecule has 1 rings (SSSR count). The maximum absolute atomic E-state index is 2.34. The van der Waals surface area contributed by atoms with E-state index in [1.807, 2.05) is 0 Å². The molecule has 14 heavy (non-hydrogen) atoms. The normalized spacial score (nSPS) is 20.9. The summed E-state index contributed by atoms with van der Waals surface area (Å²) in [5.74, 6) is 1.56. The fourth-order valence-electron chi connectivity index (χ4n) is 1.97. The molecule has 1 aliphatic carbocycles. The van der Waals surface area contributed by atoms with Crippen LogP contribution in [0.1, 0.15) is 53.4 Å². The highest BCUT2D eigenvalue weighted by Crippen LogP contribution is 2.30. The monoisotopic (exact) mass is 192 g/mol. The highest BCUT2D eigenvalue weighted by molar-refractivity contribution is 5.18. The van der Waals surface area contributed by atoms with Gasteiger partial charge < -0.3 is 0 Å². The Balaban J connectivity index is 2.54. The van der Waals surface area contributed by atoms with Crippen LogP contribution < -0.4 is 0 Å². The average molecular weight is 192 g/mol.